The molecule has 1 N–H and O–H groups in total. The normalized spacial score (nSPS) is 11.4. The van der Waals surface area contributed by atoms with Crippen molar-refractivity contribution in [1.29, 1.82) is 0 Å². The van der Waals surface area contributed by atoms with Gasteiger partial charge in [0, 0.05) is 18.8 Å². The Labute approximate surface area is 109 Å². The number of hydrogen-bond donors (Lipinski definition) is 1. The van der Waals surface area contributed by atoms with Crippen LogP contribution in [0.4, 0.5) is 4.79 Å². The van der Waals surface area contributed by atoms with Crippen LogP contribution in [0.5, 0.6) is 0 Å². The van der Waals surface area contributed by atoms with Crippen LogP contribution in [0, 0.1) is 13.8 Å². The van der Waals surface area contributed by atoms with Crippen LogP contribution in [0.15, 0.2) is 6.07 Å². The Hall–Kier alpha value is -1.52. The summed E-state index contributed by atoms with van der Waals surface area (Å²) in [6.07, 6.45) is 0.470. The lowest BCUT2D eigenvalue weighted by Crippen LogP contribution is -2.33. The highest BCUT2D eigenvalue weighted by molar-refractivity contribution is 5.67. The number of aromatic nitrogens is 2. The monoisotopic (exact) mass is 253 g/mol. The predicted molar refractivity (Wildman–Crippen MR) is 70.6 cm³/mol. The van der Waals surface area contributed by atoms with E-state index in [1.807, 2.05) is 45.4 Å². The zero-order chi connectivity index (χ0) is 13.8. The van der Waals surface area contributed by atoms with Crippen molar-refractivity contribution in [3.05, 3.63) is 17.5 Å². The summed E-state index contributed by atoms with van der Waals surface area (Å²) in [5, 5.41) is 7.09. The molecule has 1 aromatic rings. The van der Waals surface area contributed by atoms with E-state index >= 15 is 0 Å². The van der Waals surface area contributed by atoms with Gasteiger partial charge >= 0.3 is 6.09 Å². The molecule has 18 heavy (non-hydrogen) atoms. The van der Waals surface area contributed by atoms with Crippen molar-refractivity contribution in [1.82, 2.24) is 15.1 Å². The van der Waals surface area contributed by atoms with Gasteiger partial charge in [-0.3, -0.25) is 4.68 Å². The molecule has 0 aromatic carbocycles. The number of alkyl carbamates (subject to hydrolysis) is 1. The highest BCUT2D eigenvalue weighted by atomic mass is 16.6. The van der Waals surface area contributed by atoms with Crippen LogP contribution >= 0.6 is 0 Å². The molecular weight excluding hydrogens is 230 g/mol. The molecule has 0 radical (unpaired) electrons. The van der Waals surface area contributed by atoms with E-state index in [1.165, 1.54) is 0 Å². The molecule has 102 valence electrons. The molecule has 1 aromatic heterocycles. The molecule has 5 nitrogen and oxygen atoms in total. The smallest absolute Gasteiger partial charge is 0.407 e. The number of ether oxygens (including phenoxy) is 1. The molecular formula is C13H23N3O2. The molecule has 0 unspecified atom stereocenters. The van der Waals surface area contributed by atoms with Crippen molar-refractivity contribution < 1.29 is 9.53 Å². The van der Waals surface area contributed by atoms with E-state index in [-0.39, 0.29) is 6.09 Å². The Kier molecular flexibility index (Phi) is 4.76. The van der Waals surface area contributed by atoms with Gasteiger partial charge in [0.25, 0.3) is 0 Å². The maximum Gasteiger partial charge on any atom is 0.407 e. The first-order chi connectivity index (χ1) is 8.28. The number of carbonyl (C=O) groups excluding carboxylic acids is 1. The van der Waals surface area contributed by atoms with Gasteiger partial charge in [-0.2, -0.15) is 5.10 Å². The van der Waals surface area contributed by atoms with Crippen molar-refractivity contribution in [3.8, 4) is 0 Å². The van der Waals surface area contributed by atoms with Crippen LogP contribution in [-0.4, -0.2) is 28.0 Å². The van der Waals surface area contributed by atoms with E-state index in [0.29, 0.717) is 6.54 Å². The van der Waals surface area contributed by atoms with Gasteiger partial charge in [0.05, 0.1) is 5.69 Å². The van der Waals surface area contributed by atoms with Gasteiger partial charge in [-0.25, -0.2) is 4.79 Å². The molecule has 0 aliphatic heterocycles. The molecule has 0 atom stereocenters. The van der Waals surface area contributed by atoms with Crippen molar-refractivity contribution in [2.45, 2.75) is 53.2 Å². The zero-order valence-electron chi connectivity index (χ0n) is 11.9. The predicted octanol–water partition coefficient (Wildman–Crippen LogP) is 2.41. The molecule has 1 heterocycles. The maximum absolute atomic E-state index is 11.4. The minimum Gasteiger partial charge on any atom is -0.444 e. The van der Waals surface area contributed by atoms with Crippen LogP contribution < -0.4 is 5.32 Å². The van der Waals surface area contributed by atoms with Crippen LogP contribution in [0.1, 0.15) is 38.6 Å². The van der Waals surface area contributed by atoms with E-state index in [2.05, 4.69) is 10.4 Å². The molecule has 0 aliphatic carbocycles. The van der Waals surface area contributed by atoms with Crippen molar-refractivity contribution >= 4 is 6.09 Å². The Morgan fingerprint density at radius 2 is 2.11 bits per heavy atom. The quantitative estimate of drug-likeness (QED) is 0.838. The average molecular weight is 253 g/mol. The second-order valence-electron chi connectivity index (χ2n) is 5.43. The van der Waals surface area contributed by atoms with E-state index in [4.69, 9.17) is 4.74 Å². The summed E-state index contributed by atoms with van der Waals surface area (Å²) in [7, 11) is 0. The Morgan fingerprint density at radius 3 is 2.61 bits per heavy atom. The number of nitrogens with one attached hydrogen (secondary N) is 1. The molecule has 5 heteroatoms. The Balaban J connectivity index is 2.23. The second-order valence-corrected chi connectivity index (χ2v) is 5.43. The van der Waals surface area contributed by atoms with Gasteiger partial charge < -0.3 is 10.1 Å². The summed E-state index contributed by atoms with van der Waals surface area (Å²) in [6, 6.07) is 2.04. The number of nitrogens with zero attached hydrogens (tertiary/aromatic N) is 2. The van der Waals surface area contributed by atoms with Gasteiger partial charge in [-0.1, -0.05) is 0 Å². The SMILES string of the molecule is Cc1cc(C)n(CCCNC(=O)OC(C)(C)C)n1. The Morgan fingerprint density at radius 1 is 1.44 bits per heavy atom. The topological polar surface area (TPSA) is 56.2 Å². The summed E-state index contributed by atoms with van der Waals surface area (Å²) in [4.78, 5) is 11.4. The van der Waals surface area contributed by atoms with Crippen LogP contribution in [0.3, 0.4) is 0 Å². The van der Waals surface area contributed by atoms with Crippen LogP contribution in [0.25, 0.3) is 0 Å². The summed E-state index contributed by atoms with van der Waals surface area (Å²) in [5.41, 5.74) is 1.72. The highest BCUT2D eigenvalue weighted by Crippen LogP contribution is 2.06. The van der Waals surface area contributed by atoms with Crippen molar-refractivity contribution in [2.24, 2.45) is 0 Å². The van der Waals surface area contributed by atoms with Crippen molar-refractivity contribution in [3.63, 3.8) is 0 Å². The van der Waals surface area contributed by atoms with Gasteiger partial charge in [0.15, 0.2) is 0 Å². The first kappa shape index (κ1) is 14.5. The second kappa shape index (κ2) is 5.89. The minimum absolute atomic E-state index is 0.365. The first-order valence-electron chi connectivity index (χ1n) is 6.26. The molecule has 0 spiro atoms. The third kappa shape index (κ3) is 5.21. The van der Waals surface area contributed by atoms with E-state index in [9.17, 15) is 4.79 Å². The van der Waals surface area contributed by atoms with Gasteiger partial charge in [-0.05, 0) is 47.1 Å². The molecule has 0 saturated carbocycles. The molecule has 1 rings (SSSR count). The van der Waals surface area contributed by atoms with Gasteiger partial charge in [-0.15, -0.1) is 0 Å². The third-order valence-corrected chi connectivity index (χ3v) is 2.32. The number of rotatable bonds is 4. The summed E-state index contributed by atoms with van der Waals surface area (Å²) in [5.74, 6) is 0. The summed E-state index contributed by atoms with van der Waals surface area (Å²) < 4.78 is 7.10. The van der Waals surface area contributed by atoms with Crippen LogP contribution in [0.2, 0.25) is 0 Å². The fourth-order valence-corrected chi connectivity index (χ4v) is 1.63. The van der Waals surface area contributed by atoms with Crippen LogP contribution in [-0.2, 0) is 11.3 Å². The van der Waals surface area contributed by atoms with Crippen molar-refractivity contribution in [2.75, 3.05) is 6.54 Å². The fraction of sp³-hybridized carbons (Fsp3) is 0.692. The van der Waals surface area contributed by atoms with E-state index in [0.717, 1.165) is 24.4 Å². The highest BCUT2D eigenvalue weighted by Gasteiger charge is 2.15. The Bertz CT molecular complexity index is 405. The largest absolute Gasteiger partial charge is 0.444 e. The molecule has 0 bridgehead atoms. The lowest BCUT2D eigenvalue weighted by atomic mass is 10.2. The standard InChI is InChI=1S/C13H23N3O2/c1-10-9-11(2)16(15-10)8-6-7-14-12(17)18-13(3,4)5/h9H,6-8H2,1-5H3,(H,14,17). The molecule has 0 fully saturated rings. The molecule has 0 aliphatic rings. The lowest BCUT2D eigenvalue weighted by molar-refractivity contribution is 0.0526. The molecule has 0 saturated heterocycles. The zero-order valence-corrected chi connectivity index (χ0v) is 11.9. The summed E-state index contributed by atoms with van der Waals surface area (Å²) >= 11 is 0. The van der Waals surface area contributed by atoms with Gasteiger partial charge in [0.2, 0.25) is 0 Å². The average Bonchev–Trinajstić information content (AvgIpc) is 2.49. The third-order valence-electron chi connectivity index (χ3n) is 2.32. The van der Waals surface area contributed by atoms with E-state index in [1.54, 1.807) is 0 Å². The van der Waals surface area contributed by atoms with Gasteiger partial charge in [0.1, 0.15) is 5.60 Å². The molecule has 1 amide bonds. The summed E-state index contributed by atoms with van der Waals surface area (Å²) in [6.45, 7) is 10.9. The number of hydrogen-bond acceptors (Lipinski definition) is 3. The maximum atomic E-state index is 11.4. The number of aryl methyl sites for hydroxylation is 3. The number of amides is 1. The fourth-order valence-electron chi connectivity index (χ4n) is 1.63. The van der Waals surface area contributed by atoms with E-state index < -0.39 is 5.60 Å². The minimum atomic E-state index is -0.445. The lowest BCUT2D eigenvalue weighted by Gasteiger charge is -2.19. The first-order valence-corrected chi connectivity index (χ1v) is 6.26. The number of carbonyl (C=O) groups is 1.